The second-order valence-electron chi connectivity index (χ2n) is 6.71. The zero-order chi connectivity index (χ0) is 19.0. The highest BCUT2D eigenvalue weighted by atomic mass is 32.1. The second kappa shape index (κ2) is 7.13. The lowest BCUT2D eigenvalue weighted by molar-refractivity contribution is 0.0702. The van der Waals surface area contributed by atoms with Crippen LogP contribution in [0.25, 0.3) is 15.9 Å². The Morgan fingerprint density at radius 1 is 1.11 bits per heavy atom. The first kappa shape index (κ1) is 17.7. The van der Waals surface area contributed by atoms with Crippen molar-refractivity contribution in [3.8, 4) is 5.69 Å². The number of carboxylic acid groups (broad SMARTS) is 1. The maximum absolute atomic E-state index is 12.8. The fraction of sp³-hybridized carbons (Fsp3) is 0.316. The molecule has 1 aliphatic rings. The molecule has 1 N–H and O–H groups in total. The molecule has 140 valence electrons. The average molecular weight is 384 g/mol. The van der Waals surface area contributed by atoms with E-state index in [0.717, 1.165) is 55.3 Å². The molecule has 0 radical (unpaired) electrons. The first-order valence-corrected chi connectivity index (χ1v) is 9.63. The van der Waals surface area contributed by atoms with Crippen LogP contribution in [0.3, 0.4) is 0 Å². The molecule has 1 aromatic carbocycles. The van der Waals surface area contributed by atoms with Crippen LogP contribution in [0.5, 0.6) is 0 Å². The van der Waals surface area contributed by atoms with Gasteiger partial charge >= 0.3 is 5.97 Å². The van der Waals surface area contributed by atoms with Gasteiger partial charge in [-0.3, -0.25) is 9.36 Å². The number of hydrogen-bond donors (Lipinski definition) is 1. The third kappa shape index (κ3) is 3.45. The number of thiophene rings is 1. The quantitative estimate of drug-likeness (QED) is 0.746. The summed E-state index contributed by atoms with van der Waals surface area (Å²) in [5, 5.41) is 9.12. The van der Waals surface area contributed by atoms with Crippen molar-refractivity contribution in [2.45, 2.75) is 6.42 Å². The van der Waals surface area contributed by atoms with Crippen LogP contribution in [0.4, 0.5) is 5.69 Å². The third-order valence-corrected chi connectivity index (χ3v) is 5.96. The molecule has 8 heteroatoms. The van der Waals surface area contributed by atoms with E-state index < -0.39 is 5.97 Å². The highest BCUT2D eigenvalue weighted by molar-refractivity contribution is 7.20. The van der Waals surface area contributed by atoms with Crippen LogP contribution in [0.2, 0.25) is 0 Å². The Morgan fingerprint density at radius 3 is 2.59 bits per heavy atom. The molecule has 27 heavy (non-hydrogen) atoms. The number of hydrogen-bond acceptors (Lipinski definition) is 6. The van der Waals surface area contributed by atoms with Crippen LogP contribution in [0.1, 0.15) is 16.1 Å². The largest absolute Gasteiger partial charge is 0.477 e. The summed E-state index contributed by atoms with van der Waals surface area (Å²) in [5.74, 6) is -1.05. The minimum Gasteiger partial charge on any atom is -0.477 e. The van der Waals surface area contributed by atoms with Crippen LogP contribution in [0.15, 0.2) is 41.5 Å². The zero-order valence-corrected chi connectivity index (χ0v) is 15.8. The molecule has 3 aromatic rings. The van der Waals surface area contributed by atoms with Crippen LogP contribution < -0.4 is 10.5 Å². The Morgan fingerprint density at radius 2 is 1.85 bits per heavy atom. The predicted molar refractivity (Wildman–Crippen MR) is 107 cm³/mol. The van der Waals surface area contributed by atoms with Crippen molar-refractivity contribution >= 4 is 33.2 Å². The molecule has 0 spiro atoms. The number of carbonyl (C=O) groups is 1. The van der Waals surface area contributed by atoms with Crippen molar-refractivity contribution in [1.29, 1.82) is 0 Å². The van der Waals surface area contributed by atoms with Crippen molar-refractivity contribution in [1.82, 2.24) is 14.5 Å². The Labute approximate surface area is 160 Å². The van der Waals surface area contributed by atoms with E-state index in [1.807, 2.05) is 24.3 Å². The molecule has 1 aliphatic heterocycles. The number of rotatable bonds is 3. The van der Waals surface area contributed by atoms with Gasteiger partial charge in [-0.05, 0) is 50.3 Å². The molecule has 0 bridgehead atoms. The maximum Gasteiger partial charge on any atom is 0.345 e. The van der Waals surface area contributed by atoms with Crippen molar-refractivity contribution < 1.29 is 9.90 Å². The van der Waals surface area contributed by atoms with Gasteiger partial charge in [-0.2, -0.15) is 0 Å². The topological polar surface area (TPSA) is 78.7 Å². The lowest BCUT2D eigenvalue weighted by Gasteiger charge is -2.23. The summed E-state index contributed by atoms with van der Waals surface area (Å²) in [5.41, 5.74) is 2.03. The summed E-state index contributed by atoms with van der Waals surface area (Å²) in [7, 11) is 2.14. The highest BCUT2D eigenvalue weighted by Gasteiger charge is 2.15. The Kier molecular flexibility index (Phi) is 4.67. The number of carboxylic acids is 1. The van der Waals surface area contributed by atoms with Crippen LogP contribution in [-0.2, 0) is 0 Å². The number of benzene rings is 1. The predicted octanol–water partition coefficient (Wildman–Crippen LogP) is 2.29. The van der Waals surface area contributed by atoms with E-state index in [9.17, 15) is 9.59 Å². The first-order valence-electron chi connectivity index (χ1n) is 8.81. The molecule has 1 fully saturated rings. The van der Waals surface area contributed by atoms with Crippen LogP contribution >= 0.6 is 11.3 Å². The lowest BCUT2D eigenvalue weighted by atomic mass is 10.2. The molecular formula is C19H20N4O3S. The van der Waals surface area contributed by atoms with E-state index in [0.29, 0.717) is 10.2 Å². The van der Waals surface area contributed by atoms with Gasteiger partial charge in [0.15, 0.2) is 0 Å². The minimum atomic E-state index is -1.05. The van der Waals surface area contributed by atoms with Gasteiger partial charge in [0.1, 0.15) is 15.9 Å². The van der Waals surface area contributed by atoms with Crippen LogP contribution in [-0.4, -0.2) is 58.8 Å². The molecule has 3 heterocycles. The molecular weight excluding hydrogens is 364 g/mol. The lowest BCUT2D eigenvalue weighted by Crippen LogP contribution is -2.28. The number of likely N-dealkylation sites (N-methyl/N-ethyl adjacent to an activating group) is 1. The molecule has 4 rings (SSSR count). The molecule has 0 unspecified atom stereocenters. The number of fused-ring (bicyclic) bond motifs is 1. The van der Waals surface area contributed by atoms with E-state index >= 15 is 0 Å². The number of anilines is 1. The number of aromatic nitrogens is 2. The number of aromatic carboxylic acids is 1. The van der Waals surface area contributed by atoms with E-state index in [2.05, 4.69) is 21.8 Å². The number of nitrogens with zero attached hydrogens (tertiary/aromatic N) is 4. The molecule has 1 saturated heterocycles. The summed E-state index contributed by atoms with van der Waals surface area (Å²) in [6.07, 6.45) is 2.58. The molecule has 7 nitrogen and oxygen atoms in total. The smallest absolute Gasteiger partial charge is 0.345 e. The molecule has 0 aliphatic carbocycles. The van der Waals surface area contributed by atoms with Crippen molar-refractivity contribution in [3.63, 3.8) is 0 Å². The zero-order valence-electron chi connectivity index (χ0n) is 15.0. The van der Waals surface area contributed by atoms with Gasteiger partial charge in [0.2, 0.25) is 0 Å². The van der Waals surface area contributed by atoms with Crippen molar-refractivity contribution in [2.24, 2.45) is 0 Å². The minimum absolute atomic E-state index is 0.119. The van der Waals surface area contributed by atoms with E-state index in [4.69, 9.17) is 5.11 Å². The summed E-state index contributed by atoms with van der Waals surface area (Å²) in [6.45, 7) is 4.14. The van der Waals surface area contributed by atoms with Gasteiger partial charge < -0.3 is 14.9 Å². The summed E-state index contributed by atoms with van der Waals surface area (Å²) in [4.78, 5) is 33.0. The Balaban J connectivity index is 1.64. The average Bonchev–Trinajstić information content (AvgIpc) is 3.00. The van der Waals surface area contributed by atoms with Gasteiger partial charge in [0, 0.05) is 25.3 Å². The van der Waals surface area contributed by atoms with E-state index in [1.54, 1.807) is 0 Å². The van der Waals surface area contributed by atoms with Crippen molar-refractivity contribution in [3.05, 3.63) is 51.9 Å². The van der Waals surface area contributed by atoms with Crippen molar-refractivity contribution in [2.75, 3.05) is 38.1 Å². The monoisotopic (exact) mass is 384 g/mol. The Hall–Kier alpha value is -2.71. The standard InChI is InChI=1S/C19H20N4O3S/c1-21-7-2-8-22(10-9-21)13-3-5-14(6-4-13)23-12-20-15-11-16(19(25)26)27-17(15)18(23)24/h3-6,11-12H,2,7-10H2,1H3,(H,25,26). The normalized spacial score (nSPS) is 15.8. The molecule has 0 atom stereocenters. The highest BCUT2D eigenvalue weighted by Crippen LogP contribution is 2.22. The second-order valence-corrected chi connectivity index (χ2v) is 7.76. The van der Waals surface area contributed by atoms with E-state index in [-0.39, 0.29) is 10.4 Å². The van der Waals surface area contributed by atoms with Gasteiger partial charge in [0.25, 0.3) is 5.56 Å². The fourth-order valence-corrected chi connectivity index (χ4v) is 4.21. The fourth-order valence-electron chi connectivity index (χ4n) is 3.33. The third-order valence-electron chi connectivity index (χ3n) is 4.86. The maximum atomic E-state index is 12.8. The summed E-state index contributed by atoms with van der Waals surface area (Å²) < 4.78 is 1.82. The van der Waals surface area contributed by atoms with Crippen LogP contribution in [0, 0.1) is 0 Å². The van der Waals surface area contributed by atoms with Gasteiger partial charge in [-0.15, -0.1) is 11.3 Å². The Bertz CT molecular complexity index is 1040. The molecule has 2 aromatic heterocycles. The summed E-state index contributed by atoms with van der Waals surface area (Å²) >= 11 is 0.961. The van der Waals surface area contributed by atoms with Gasteiger partial charge in [-0.1, -0.05) is 0 Å². The van der Waals surface area contributed by atoms with Gasteiger partial charge in [-0.25, -0.2) is 9.78 Å². The first-order chi connectivity index (χ1) is 13.0. The molecule has 0 saturated carbocycles. The van der Waals surface area contributed by atoms with Gasteiger partial charge in [0.05, 0.1) is 11.2 Å². The summed E-state index contributed by atoms with van der Waals surface area (Å²) in [6, 6.07) is 9.30. The molecule has 0 amide bonds. The SMILES string of the molecule is CN1CCCN(c2ccc(-n3cnc4cc(C(=O)O)sc4c3=O)cc2)CC1. The van der Waals surface area contributed by atoms with E-state index in [1.165, 1.54) is 17.0 Å².